The molecule has 0 bridgehead atoms. The molecule has 1 saturated heterocycles. The van der Waals surface area contributed by atoms with Gasteiger partial charge in [0.1, 0.15) is 0 Å². The van der Waals surface area contributed by atoms with Crippen LogP contribution in [-0.2, 0) is 9.53 Å². The Labute approximate surface area is 115 Å². The Hall–Kier alpha value is -0.791. The van der Waals surface area contributed by atoms with Gasteiger partial charge in [0.15, 0.2) is 0 Å². The van der Waals surface area contributed by atoms with Gasteiger partial charge < -0.3 is 0 Å². The van der Waals surface area contributed by atoms with Crippen LogP contribution in [0.5, 0.6) is 0 Å². The van der Waals surface area contributed by atoms with Crippen LogP contribution in [0.4, 0.5) is 0 Å². The van der Waals surface area contributed by atoms with Gasteiger partial charge in [-0.1, -0.05) is 0 Å². The van der Waals surface area contributed by atoms with Crippen molar-refractivity contribution in [3.8, 4) is 0 Å². The number of esters is 1. The second kappa shape index (κ2) is 6.96. The molecule has 2 unspecified atom stereocenters. The monoisotopic (exact) mass is 312 g/mol. The summed E-state index contributed by atoms with van der Waals surface area (Å²) in [5.74, 6) is 0.0281. The van der Waals surface area contributed by atoms with Gasteiger partial charge in [-0.15, -0.1) is 0 Å². The second-order valence-electron chi connectivity index (χ2n) is 4.71. The van der Waals surface area contributed by atoms with Crippen LogP contribution in [0.25, 0.3) is 0 Å². The molecule has 0 saturated carbocycles. The number of rotatable bonds is 6. The van der Waals surface area contributed by atoms with Crippen LogP contribution in [0.3, 0.4) is 0 Å². The van der Waals surface area contributed by atoms with Crippen LogP contribution in [-0.4, -0.2) is 27.0 Å². The van der Waals surface area contributed by atoms with Crippen LogP contribution in [0, 0.1) is 0 Å². The van der Waals surface area contributed by atoms with E-state index in [1.807, 2.05) is 18.2 Å². The number of ether oxygens (including phenoxy) is 1. The van der Waals surface area contributed by atoms with Crippen LogP contribution in [0.2, 0.25) is 4.82 Å². The molecule has 18 heavy (non-hydrogen) atoms. The van der Waals surface area contributed by atoms with Gasteiger partial charge in [0, 0.05) is 0 Å². The van der Waals surface area contributed by atoms with Crippen molar-refractivity contribution in [2.24, 2.45) is 0 Å². The van der Waals surface area contributed by atoms with Gasteiger partial charge >= 0.3 is 115 Å². The maximum atomic E-state index is 11.8. The minimum absolute atomic E-state index is 0.0281. The van der Waals surface area contributed by atoms with Gasteiger partial charge in [0.05, 0.1) is 0 Å². The van der Waals surface area contributed by atoms with Crippen molar-refractivity contribution in [3.05, 3.63) is 30.3 Å². The molecule has 0 spiro atoms. The normalized spacial score (nSPS) is 23.1. The van der Waals surface area contributed by atoms with Crippen molar-refractivity contribution >= 4 is 25.4 Å². The van der Waals surface area contributed by atoms with Crippen LogP contribution in [0.15, 0.2) is 30.3 Å². The van der Waals surface area contributed by atoms with Crippen LogP contribution in [0.1, 0.15) is 39.0 Å². The number of hydrogen-bond acceptors (Lipinski definition) is 2. The number of cyclic esters (lactones) is 1. The van der Waals surface area contributed by atoms with Crippen molar-refractivity contribution in [1.29, 1.82) is 0 Å². The third kappa shape index (κ3) is 3.86. The van der Waals surface area contributed by atoms with Crippen LogP contribution < -0.4 is 4.46 Å². The number of carbonyl (C=O) groups is 1. The molecule has 2 nitrogen and oxygen atoms in total. The molecular weight excluding hydrogens is 291 g/mol. The first-order valence-electron chi connectivity index (χ1n) is 6.71. The van der Waals surface area contributed by atoms with Crippen molar-refractivity contribution < 1.29 is 9.53 Å². The number of carbonyl (C=O) groups excluding carboxylic acids is 1. The topological polar surface area (TPSA) is 26.3 Å². The van der Waals surface area contributed by atoms with E-state index in [1.54, 1.807) is 0 Å². The molecule has 0 aromatic heterocycles. The summed E-state index contributed by atoms with van der Waals surface area (Å²) in [4.78, 5) is 11.9. The van der Waals surface area contributed by atoms with Crippen molar-refractivity contribution in [1.82, 2.24) is 0 Å². The first-order valence-corrected chi connectivity index (χ1v) is 8.56. The molecule has 1 heterocycles. The molecule has 0 amide bonds. The first kappa shape index (κ1) is 13.6. The molecule has 1 fully saturated rings. The fourth-order valence-electron chi connectivity index (χ4n) is 2.18. The van der Waals surface area contributed by atoms with Crippen molar-refractivity contribution in [2.75, 3.05) is 0 Å². The quantitative estimate of drug-likeness (QED) is 0.459. The summed E-state index contributed by atoms with van der Waals surface area (Å²) in [6, 6.07) is 10.3. The Morgan fingerprint density at radius 1 is 1.28 bits per heavy atom. The molecule has 0 aliphatic carbocycles. The molecule has 1 aliphatic heterocycles. The molecular formula is C15H20O2Se. The average molecular weight is 311 g/mol. The van der Waals surface area contributed by atoms with Crippen molar-refractivity contribution in [3.63, 3.8) is 0 Å². The third-order valence-corrected chi connectivity index (χ3v) is 5.72. The molecule has 1 aliphatic rings. The Kier molecular flexibility index (Phi) is 5.27. The number of benzene rings is 1. The summed E-state index contributed by atoms with van der Waals surface area (Å²) in [5, 5.41) is 0. The molecule has 2 rings (SSSR count). The minimum atomic E-state index is 0.0281. The zero-order valence-corrected chi connectivity index (χ0v) is 12.5. The van der Waals surface area contributed by atoms with E-state index < -0.39 is 0 Å². The molecule has 0 radical (unpaired) electrons. The van der Waals surface area contributed by atoms with E-state index in [0.29, 0.717) is 0 Å². The molecule has 0 N–H and O–H groups in total. The van der Waals surface area contributed by atoms with Gasteiger partial charge in [-0.25, -0.2) is 0 Å². The van der Waals surface area contributed by atoms with Gasteiger partial charge in [0.25, 0.3) is 0 Å². The Morgan fingerprint density at radius 3 is 2.78 bits per heavy atom. The SMILES string of the molecule is CCCCCC1CC([Se]c2ccccc2)C(=O)O1. The predicted octanol–water partition coefficient (Wildman–Crippen LogP) is 2.70. The Morgan fingerprint density at radius 2 is 2.06 bits per heavy atom. The summed E-state index contributed by atoms with van der Waals surface area (Å²) in [6.45, 7) is 2.20. The van der Waals surface area contributed by atoms with E-state index in [-0.39, 0.29) is 31.8 Å². The summed E-state index contributed by atoms with van der Waals surface area (Å²) in [6.07, 6.45) is 5.79. The average Bonchev–Trinajstić information content (AvgIpc) is 2.72. The first-order chi connectivity index (χ1) is 8.79. The second-order valence-corrected chi connectivity index (χ2v) is 7.39. The standard InChI is InChI=1S/C15H20O2Se/c1-2-3-5-8-12-11-14(15(16)17-12)18-13-9-6-4-7-10-13/h4,6-7,9-10,12,14H,2-3,5,8,11H2,1H3. The van der Waals surface area contributed by atoms with Crippen LogP contribution >= 0.6 is 0 Å². The Balaban J connectivity index is 1.82. The summed E-state index contributed by atoms with van der Waals surface area (Å²) in [5.41, 5.74) is 0. The molecule has 98 valence electrons. The van der Waals surface area contributed by atoms with Crippen molar-refractivity contribution in [2.45, 2.75) is 49.9 Å². The van der Waals surface area contributed by atoms with Gasteiger partial charge in [-0.3, -0.25) is 0 Å². The molecule has 1 aromatic carbocycles. The van der Waals surface area contributed by atoms with E-state index in [4.69, 9.17) is 4.74 Å². The molecule has 2 atom stereocenters. The van der Waals surface area contributed by atoms with E-state index >= 15 is 0 Å². The zero-order chi connectivity index (χ0) is 12.8. The Bertz CT molecular complexity index is 377. The van der Waals surface area contributed by atoms with E-state index in [9.17, 15) is 4.79 Å². The fourth-order valence-corrected chi connectivity index (χ4v) is 4.50. The van der Waals surface area contributed by atoms with E-state index in [2.05, 4.69) is 19.1 Å². The number of hydrogen-bond donors (Lipinski definition) is 0. The summed E-state index contributed by atoms with van der Waals surface area (Å²) in [7, 11) is 0. The fraction of sp³-hybridized carbons (Fsp3) is 0.533. The van der Waals surface area contributed by atoms with Gasteiger partial charge in [-0.2, -0.15) is 0 Å². The van der Waals surface area contributed by atoms with Gasteiger partial charge in [0.2, 0.25) is 0 Å². The zero-order valence-electron chi connectivity index (χ0n) is 10.8. The molecule has 1 aromatic rings. The van der Waals surface area contributed by atoms with E-state index in [0.717, 1.165) is 12.8 Å². The molecule has 3 heteroatoms. The summed E-state index contributed by atoms with van der Waals surface area (Å²) < 4.78 is 6.76. The summed E-state index contributed by atoms with van der Waals surface area (Å²) >= 11 is 0.220. The predicted molar refractivity (Wildman–Crippen MR) is 74.2 cm³/mol. The van der Waals surface area contributed by atoms with E-state index in [1.165, 1.54) is 23.7 Å². The van der Waals surface area contributed by atoms with Gasteiger partial charge in [-0.05, 0) is 0 Å². The number of unbranched alkanes of at least 4 members (excludes halogenated alkanes) is 2. The maximum absolute atomic E-state index is 11.8. The third-order valence-electron chi connectivity index (χ3n) is 3.17.